The zero-order valence-electron chi connectivity index (χ0n) is 12.8. The van der Waals surface area contributed by atoms with Crippen LogP contribution in [-0.4, -0.2) is 16.8 Å². The predicted octanol–water partition coefficient (Wildman–Crippen LogP) is 4.60. The average molecular weight is 332 g/mol. The van der Waals surface area contributed by atoms with Crippen LogP contribution < -0.4 is 0 Å². The van der Waals surface area contributed by atoms with Crippen LogP contribution in [0.5, 0.6) is 0 Å². The molecule has 3 rings (SSSR count). The number of nitrogens with zero attached hydrogens (tertiary/aromatic N) is 1. The van der Waals surface area contributed by atoms with Gasteiger partial charge in [-0.2, -0.15) is 0 Å². The van der Waals surface area contributed by atoms with E-state index in [0.29, 0.717) is 30.5 Å². The molecule has 120 valence electrons. The molecule has 0 spiro atoms. The predicted molar refractivity (Wildman–Crippen MR) is 89.7 cm³/mol. The Kier molecular flexibility index (Phi) is 4.97. The van der Waals surface area contributed by atoms with E-state index < -0.39 is 0 Å². The van der Waals surface area contributed by atoms with E-state index >= 15 is 0 Å². The number of rotatable bonds is 6. The molecule has 1 aliphatic rings. The third-order valence-corrected chi connectivity index (χ3v) is 4.33. The normalized spacial score (nSPS) is 13.8. The molecule has 0 N–H and O–H groups in total. The van der Waals surface area contributed by atoms with Crippen LogP contribution >= 0.6 is 11.6 Å². The van der Waals surface area contributed by atoms with Crippen LogP contribution in [0.1, 0.15) is 30.4 Å². The maximum Gasteiger partial charge on any atom is 0.223 e. The number of hydrogen-bond acceptors (Lipinski definition) is 1. The van der Waals surface area contributed by atoms with Gasteiger partial charge in [0.15, 0.2) is 0 Å². The molecule has 1 fully saturated rings. The van der Waals surface area contributed by atoms with Gasteiger partial charge < -0.3 is 4.90 Å². The van der Waals surface area contributed by atoms with Crippen molar-refractivity contribution < 1.29 is 9.18 Å². The lowest BCUT2D eigenvalue weighted by Gasteiger charge is -2.22. The van der Waals surface area contributed by atoms with Gasteiger partial charge in [0, 0.05) is 24.0 Å². The lowest BCUT2D eigenvalue weighted by Crippen LogP contribution is -2.32. The quantitative estimate of drug-likeness (QED) is 0.757. The summed E-state index contributed by atoms with van der Waals surface area (Å²) in [7, 11) is 0. The summed E-state index contributed by atoms with van der Waals surface area (Å²) in [5.41, 5.74) is 2.04. The zero-order chi connectivity index (χ0) is 16.2. The van der Waals surface area contributed by atoms with Gasteiger partial charge in [0.05, 0.1) is 0 Å². The summed E-state index contributed by atoms with van der Waals surface area (Å²) in [6.45, 7) is 0.555. The maximum atomic E-state index is 13.0. The van der Waals surface area contributed by atoms with Crippen molar-refractivity contribution in [3.05, 3.63) is 70.5 Å². The monoisotopic (exact) mass is 331 g/mol. The van der Waals surface area contributed by atoms with Gasteiger partial charge in [0.2, 0.25) is 5.91 Å². The number of carbonyl (C=O) groups excluding carboxylic acids is 1. The highest BCUT2D eigenvalue weighted by atomic mass is 35.5. The number of benzene rings is 2. The Morgan fingerprint density at radius 3 is 2.52 bits per heavy atom. The Morgan fingerprint density at radius 1 is 1.13 bits per heavy atom. The molecule has 0 aromatic heterocycles. The third-order valence-electron chi connectivity index (χ3n) is 4.09. The van der Waals surface area contributed by atoms with E-state index in [2.05, 4.69) is 0 Å². The first kappa shape index (κ1) is 16.0. The number of carbonyl (C=O) groups is 1. The van der Waals surface area contributed by atoms with Crippen LogP contribution in [-0.2, 0) is 17.8 Å². The van der Waals surface area contributed by atoms with E-state index in [1.54, 1.807) is 12.1 Å². The number of hydrogen-bond donors (Lipinski definition) is 0. The molecule has 2 aromatic carbocycles. The first-order valence-corrected chi connectivity index (χ1v) is 8.28. The molecular formula is C19H19ClFNO. The van der Waals surface area contributed by atoms with E-state index in [9.17, 15) is 9.18 Å². The van der Waals surface area contributed by atoms with Crippen LogP contribution in [0, 0.1) is 5.82 Å². The SMILES string of the molecule is O=C(CCc1cccc(Cl)c1)N(Cc1ccc(F)cc1)C1CC1. The molecule has 2 aromatic rings. The summed E-state index contributed by atoms with van der Waals surface area (Å²) in [6.07, 6.45) is 3.28. The van der Waals surface area contributed by atoms with Gasteiger partial charge in [-0.05, 0) is 54.7 Å². The Labute approximate surface area is 140 Å². The molecule has 2 nitrogen and oxygen atoms in total. The lowest BCUT2D eigenvalue weighted by molar-refractivity contribution is -0.132. The molecule has 0 atom stereocenters. The van der Waals surface area contributed by atoms with Gasteiger partial charge in [0.25, 0.3) is 0 Å². The Bertz CT molecular complexity index is 682. The van der Waals surface area contributed by atoms with E-state index in [1.807, 2.05) is 29.2 Å². The smallest absolute Gasteiger partial charge is 0.223 e. The van der Waals surface area contributed by atoms with Crippen molar-refractivity contribution in [2.24, 2.45) is 0 Å². The minimum absolute atomic E-state index is 0.150. The van der Waals surface area contributed by atoms with Gasteiger partial charge >= 0.3 is 0 Å². The van der Waals surface area contributed by atoms with Crippen molar-refractivity contribution in [2.75, 3.05) is 0 Å². The third kappa shape index (κ3) is 4.55. The van der Waals surface area contributed by atoms with E-state index in [-0.39, 0.29) is 11.7 Å². The number of halogens is 2. The van der Waals surface area contributed by atoms with Gasteiger partial charge in [-0.3, -0.25) is 4.79 Å². The van der Waals surface area contributed by atoms with Crippen LogP contribution in [0.2, 0.25) is 5.02 Å². The van der Waals surface area contributed by atoms with E-state index in [1.165, 1.54) is 12.1 Å². The van der Waals surface area contributed by atoms with Crippen molar-refractivity contribution in [1.82, 2.24) is 4.90 Å². The van der Waals surface area contributed by atoms with Crippen LogP contribution in [0.4, 0.5) is 4.39 Å². The molecule has 1 aliphatic carbocycles. The summed E-state index contributed by atoms with van der Waals surface area (Å²) in [5, 5.41) is 0.695. The van der Waals surface area contributed by atoms with Gasteiger partial charge in [-0.25, -0.2) is 4.39 Å². The molecule has 0 aliphatic heterocycles. The molecule has 0 bridgehead atoms. The Balaban J connectivity index is 1.61. The first-order chi connectivity index (χ1) is 11.1. The fraction of sp³-hybridized carbons (Fsp3) is 0.316. The Hall–Kier alpha value is -1.87. The second-order valence-corrected chi connectivity index (χ2v) is 6.45. The highest BCUT2D eigenvalue weighted by molar-refractivity contribution is 6.30. The summed E-state index contributed by atoms with van der Waals surface area (Å²) in [4.78, 5) is 14.5. The fourth-order valence-electron chi connectivity index (χ4n) is 2.68. The summed E-state index contributed by atoms with van der Waals surface area (Å²) in [5.74, 6) is -0.101. The lowest BCUT2D eigenvalue weighted by atomic mass is 10.1. The standard InChI is InChI=1S/C19H19ClFNO/c20-16-3-1-2-14(12-16)6-11-19(23)22(18-9-10-18)13-15-4-7-17(21)8-5-15/h1-5,7-8,12,18H,6,9-11,13H2. The molecule has 1 saturated carbocycles. The minimum Gasteiger partial charge on any atom is -0.335 e. The largest absolute Gasteiger partial charge is 0.335 e. The van der Waals surface area contributed by atoms with Crippen LogP contribution in [0.25, 0.3) is 0 Å². The van der Waals surface area contributed by atoms with Crippen molar-refractivity contribution in [3.63, 3.8) is 0 Å². The molecule has 0 radical (unpaired) electrons. The van der Waals surface area contributed by atoms with Gasteiger partial charge in [-0.1, -0.05) is 35.9 Å². The van der Waals surface area contributed by atoms with Crippen molar-refractivity contribution in [1.29, 1.82) is 0 Å². The van der Waals surface area contributed by atoms with Gasteiger partial charge in [0.1, 0.15) is 5.82 Å². The first-order valence-electron chi connectivity index (χ1n) is 7.90. The number of amides is 1. The zero-order valence-corrected chi connectivity index (χ0v) is 13.6. The van der Waals surface area contributed by atoms with E-state index in [4.69, 9.17) is 11.6 Å². The summed E-state index contributed by atoms with van der Waals surface area (Å²) in [6, 6.07) is 14.3. The van der Waals surface area contributed by atoms with Crippen LogP contribution in [0.3, 0.4) is 0 Å². The number of aryl methyl sites for hydroxylation is 1. The fourth-order valence-corrected chi connectivity index (χ4v) is 2.89. The molecule has 0 unspecified atom stereocenters. The average Bonchev–Trinajstić information content (AvgIpc) is 3.37. The second kappa shape index (κ2) is 7.14. The molecule has 0 saturated heterocycles. The van der Waals surface area contributed by atoms with E-state index in [0.717, 1.165) is 24.0 Å². The minimum atomic E-state index is -0.251. The Morgan fingerprint density at radius 2 is 1.87 bits per heavy atom. The van der Waals surface area contributed by atoms with Crippen LogP contribution in [0.15, 0.2) is 48.5 Å². The highest BCUT2D eigenvalue weighted by Crippen LogP contribution is 2.29. The maximum absolute atomic E-state index is 13.0. The highest BCUT2D eigenvalue weighted by Gasteiger charge is 2.32. The second-order valence-electron chi connectivity index (χ2n) is 6.01. The summed E-state index contributed by atoms with van der Waals surface area (Å²) < 4.78 is 13.0. The van der Waals surface area contributed by atoms with Crippen molar-refractivity contribution in [3.8, 4) is 0 Å². The molecule has 23 heavy (non-hydrogen) atoms. The topological polar surface area (TPSA) is 20.3 Å². The molecule has 1 amide bonds. The molecule has 4 heteroatoms. The summed E-state index contributed by atoms with van der Waals surface area (Å²) >= 11 is 5.98. The van der Waals surface area contributed by atoms with Crippen molar-refractivity contribution in [2.45, 2.75) is 38.3 Å². The molecule has 0 heterocycles. The molecular weight excluding hydrogens is 313 g/mol. The van der Waals surface area contributed by atoms with Crippen molar-refractivity contribution >= 4 is 17.5 Å². The van der Waals surface area contributed by atoms with Gasteiger partial charge in [-0.15, -0.1) is 0 Å².